The monoisotopic (exact) mass is 295 g/mol. The lowest BCUT2D eigenvalue weighted by molar-refractivity contribution is 0.0977. The van der Waals surface area contributed by atoms with Gasteiger partial charge in [-0.2, -0.15) is 5.26 Å². The van der Waals surface area contributed by atoms with E-state index in [4.69, 9.17) is 17.5 Å². The largest absolute Gasteiger partial charge is 0.332 e. The lowest BCUT2D eigenvalue weighted by Gasteiger charge is -2.09. The van der Waals surface area contributed by atoms with Gasteiger partial charge in [0.05, 0.1) is 11.6 Å². The maximum Gasteiger partial charge on any atom is 0.257 e. The van der Waals surface area contributed by atoms with E-state index in [9.17, 15) is 4.79 Å². The van der Waals surface area contributed by atoms with Gasteiger partial charge in [-0.1, -0.05) is 17.7 Å². The van der Waals surface area contributed by atoms with Gasteiger partial charge in [0.1, 0.15) is 0 Å². The van der Waals surface area contributed by atoms with E-state index in [-0.39, 0.29) is 11.0 Å². The average molecular weight is 295 g/mol. The molecule has 0 spiro atoms. The van der Waals surface area contributed by atoms with Gasteiger partial charge in [-0.25, -0.2) is 0 Å². The number of amides is 1. The fraction of sp³-hybridized carbons (Fsp3) is 0.0625. The highest BCUT2D eigenvalue weighted by Crippen LogP contribution is 2.09. The van der Waals surface area contributed by atoms with Crippen LogP contribution in [0.4, 0.5) is 5.69 Å². The third kappa shape index (κ3) is 4.13. The number of benzene rings is 2. The summed E-state index contributed by atoms with van der Waals surface area (Å²) < 4.78 is 0. The average Bonchev–Trinajstić information content (AvgIpc) is 2.48. The van der Waals surface area contributed by atoms with Gasteiger partial charge in [-0.3, -0.25) is 10.1 Å². The van der Waals surface area contributed by atoms with E-state index in [1.807, 2.05) is 25.1 Å². The topological polar surface area (TPSA) is 64.9 Å². The number of carbonyl (C=O) groups is 1. The van der Waals surface area contributed by atoms with Crippen molar-refractivity contribution in [3.05, 3.63) is 65.2 Å². The number of hydrogen-bond donors (Lipinski definition) is 2. The highest BCUT2D eigenvalue weighted by atomic mass is 32.1. The Morgan fingerprint density at radius 3 is 2.52 bits per heavy atom. The molecule has 2 aromatic carbocycles. The molecular weight excluding hydrogens is 282 g/mol. The van der Waals surface area contributed by atoms with Crippen LogP contribution < -0.4 is 10.6 Å². The van der Waals surface area contributed by atoms with Crippen LogP contribution in [0, 0.1) is 18.3 Å². The van der Waals surface area contributed by atoms with E-state index in [1.165, 1.54) is 0 Å². The molecule has 0 atom stereocenters. The SMILES string of the molecule is Cc1cccc(C(=O)NC(=S)Nc2ccc(C#N)cc2)c1. The Bertz CT molecular complexity index is 717. The van der Waals surface area contributed by atoms with Crippen molar-refractivity contribution >= 4 is 28.9 Å². The Morgan fingerprint density at radius 1 is 1.19 bits per heavy atom. The van der Waals surface area contributed by atoms with Gasteiger partial charge in [-0.15, -0.1) is 0 Å². The molecular formula is C16H13N3OS. The molecule has 104 valence electrons. The Balaban J connectivity index is 1.98. The molecule has 0 heterocycles. The molecule has 0 aliphatic carbocycles. The summed E-state index contributed by atoms with van der Waals surface area (Å²) >= 11 is 5.10. The van der Waals surface area contributed by atoms with E-state index >= 15 is 0 Å². The summed E-state index contributed by atoms with van der Waals surface area (Å²) in [5, 5.41) is 14.5. The minimum Gasteiger partial charge on any atom is -0.332 e. The number of rotatable bonds is 2. The fourth-order valence-corrected chi connectivity index (χ4v) is 1.96. The lowest BCUT2D eigenvalue weighted by Crippen LogP contribution is -2.34. The summed E-state index contributed by atoms with van der Waals surface area (Å²) in [5.41, 5.74) is 2.84. The summed E-state index contributed by atoms with van der Waals surface area (Å²) in [4.78, 5) is 12.0. The maximum atomic E-state index is 12.0. The van der Waals surface area contributed by atoms with Crippen LogP contribution in [-0.4, -0.2) is 11.0 Å². The standard InChI is InChI=1S/C16H13N3OS/c1-11-3-2-4-13(9-11)15(20)19-16(21)18-14-7-5-12(10-17)6-8-14/h2-9H,1H3,(H2,18,19,20,21). The zero-order chi connectivity index (χ0) is 15.2. The van der Waals surface area contributed by atoms with Crippen LogP contribution in [0.15, 0.2) is 48.5 Å². The maximum absolute atomic E-state index is 12.0. The molecule has 0 aliphatic rings. The molecule has 0 bridgehead atoms. The number of anilines is 1. The molecule has 2 N–H and O–H groups in total. The zero-order valence-electron chi connectivity index (χ0n) is 11.4. The Hall–Kier alpha value is -2.71. The molecule has 0 saturated heterocycles. The highest BCUT2D eigenvalue weighted by Gasteiger charge is 2.07. The van der Waals surface area contributed by atoms with Crippen molar-refractivity contribution in [2.45, 2.75) is 6.92 Å². The van der Waals surface area contributed by atoms with Crippen LogP contribution in [0.3, 0.4) is 0 Å². The van der Waals surface area contributed by atoms with Crippen LogP contribution >= 0.6 is 12.2 Å². The second kappa shape index (κ2) is 6.64. The molecule has 2 rings (SSSR count). The number of thiocarbonyl (C=S) groups is 1. The molecule has 5 heteroatoms. The molecule has 0 aliphatic heterocycles. The third-order valence-electron chi connectivity index (χ3n) is 2.78. The van der Waals surface area contributed by atoms with E-state index in [0.717, 1.165) is 5.56 Å². The highest BCUT2D eigenvalue weighted by molar-refractivity contribution is 7.80. The first-order valence-corrected chi connectivity index (χ1v) is 6.68. The van der Waals surface area contributed by atoms with Crippen LogP contribution in [0.1, 0.15) is 21.5 Å². The van der Waals surface area contributed by atoms with Crippen molar-refractivity contribution < 1.29 is 4.79 Å². The normalized spacial score (nSPS) is 9.52. The Kier molecular flexibility index (Phi) is 4.64. The number of nitrogens with zero attached hydrogens (tertiary/aromatic N) is 1. The Labute approximate surface area is 128 Å². The first-order chi connectivity index (χ1) is 10.1. The number of aryl methyl sites for hydroxylation is 1. The van der Waals surface area contributed by atoms with Crippen molar-refractivity contribution in [2.24, 2.45) is 0 Å². The molecule has 21 heavy (non-hydrogen) atoms. The van der Waals surface area contributed by atoms with Crippen molar-refractivity contribution in [2.75, 3.05) is 5.32 Å². The summed E-state index contributed by atoms with van der Waals surface area (Å²) in [6, 6.07) is 16.1. The van der Waals surface area contributed by atoms with Crippen LogP contribution in [-0.2, 0) is 0 Å². The van der Waals surface area contributed by atoms with Gasteiger partial charge >= 0.3 is 0 Å². The second-order valence-electron chi connectivity index (χ2n) is 4.47. The lowest BCUT2D eigenvalue weighted by atomic mass is 10.1. The molecule has 0 fully saturated rings. The van der Waals surface area contributed by atoms with Gasteiger partial charge in [0, 0.05) is 11.3 Å². The first-order valence-electron chi connectivity index (χ1n) is 6.27. The number of nitriles is 1. The molecule has 0 unspecified atom stereocenters. The van der Waals surface area contributed by atoms with E-state index in [1.54, 1.807) is 36.4 Å². The zero-order valence-corrected chi connectivity index (χ0v) is 12.2. The third-order valence-corrected chi connectivity index (χ3v) is 2.98. The van der Waals surface area contributed by atoms with Crippen LogP contribution in [0.5, 0.6) is 0 Å². The van der Waals surface area contributed by atoms with Gasteiger partial charge in [0.2, 0.25) is 0 Å². The molecule has 0 radical (unpaired) electrons. The van der Waals surface area contributed by atoms with Gasteiger partial charge in [0.15, 0.2) is 5.11 Å². The first kappa shape index (κ1) is 14.7. The molecule has 4 nitrogen and oxygen atoms in total. The minimum absolute atomic E-state index is 0.214. The van der Waals surface area contributed by atoms with Crippen molar-refractivity contribution in [3.63, 3.8) is 0 Å². The summed E-state index contributed by atoms with van der Waals surface area (Å²) in [6.07, 6.45) is 0. The number of carbonyl (C=O) groups excluding carboxylic acids is 1. The van der Waals surface area contributed by atoms with E-state index < -0.39 is 0 Å². The number of hydrogen-bond acceptors (Lipinski definition) is 3. The Morgan fingerprint density at radius 2 is 1.90 bits per heavy atom. The fourth-order valence-electron chi connectivity index (χ4n) is 1.75. The van der Waals surface area contributed by atoms with E-state index in [0.29, 0.717) is 16.8 Å². The quantitative estimate of drug-likeness (QED) is 0.836. The van der Waals surface area contributed by atoms with Crippen molar-refractivity contribution in [1.82, 2.24) is 5.32 Å². The van der Waals surface area contributed by atoms with Gasteiger partial charge in [-0.05, 0) is 55.5 Å². The van der Waals surface area contributed by atoms with Crippen LogP contribution in [0.25, 0.3) is 0 Å². The second-order valence-corrected chi connectivity index (χ2v) is 4.88. The predicted octanol–water partition coefficient (Wildman–Crippen LogP) is 2.99. The summed E-state index contributed by atoms with van der Waals surface area (Å²) in [5.74, 6) is -0.259. The van der Waals surface area contributed by atoms with Gasteiger partial charge < -0.3 is 5.32 Å². The number of nitrogens with one attached hydrogen (secondary N) is 2. The minimum atomic E-state index is -0.259. The molecule has 0 saturated carbocycles. The van der Waals surface area contributed by atoms with Crippen molar-refractivity contribution in [3.8, 4) is 6.07 Å². The predicted molar refractivity (Wildman–Crippen MR) is 86.0 cm³/mol. The van der Waals surface area contributed by atoms with Gasteiger partial charge in [0.25, 0.3) is 5.91 Å². The van der Waals surface area contributed by atoms with Crippen molar-refractivity contribution in [1.29, 1.82) is 5.26 Å². The molecule has 2 aromatic rings. The summed E-state index contributed by atoms with van der Waals surface area (Å²) in [7, 11) is 0. The van der Waals surface area contributed by atoms with Crippen LogP contribution in [0.2, 0.25) is 0 Å². The molecule has 0 aromatic heterocycles. The summed E-state index contributed by atoms with van der Waals surface area (Å²) in [6.45, 7) is 1.92. The molecule has 1 amide bonds. The van der Waals surface area contributed by atoms with E-state index in [2.05, 4.69) is 10.6 Å². The smallest absolute Gasteiger partial charge is 0.257 e.